The minimum atomic E-state index is 0.853. The molecule has 0 rings (SSSR count). The Kier molecular flexibility index (Phi) is 24.2. The molecule has 0 aromatic heterocycles. The van der Waals surface area contributed by atoms with Crippen molar-refractivity contribution in [3.8, 4) is 0 Å². The number of allylic oxidation sites excluding steroid dienone is 2. The van der Waals surface area contributed by atoms with Crippen molar-refractivity contribution in [2.24, 2.45) is 11.8 Å². The summed E-state index contributed by atoms with van der Waals surface area (Å²) in [5, 5.41) is 0. The maximum absolute atomic E-state index is 3.79. The first kappa shape index (κ1) is 22.3. The summed E-state index contributed by atoms with van der Waals surface area (Å²) in [6.45, 7) is 17.3. The van der Waals surface area contributed by atoms with Gasteiger partial charge in [-0.25, -0.2) is 0 Å². The Hall–Kier alpha value is 0.0900. The molecule has 0 bridgehead atoms. The lowest BCUT2D eigenvalue weighted by Crippen LogP contribution is -2.00. The first-order valence-electron chi connectivity index (χ1n) is 7.20. The molecule has 0 aliphatic carbocycles. The lowest BCUT2D eigenvalue weighted by Gasteiger charge is -2.13. The van der Waals surface area contributed by atoms with Gasteiger partial charge in [0.1, 0.15) is 0 Å². The van der Waals surface area contributed by atoms with E-state index in [-0.39, 0.29) is 0 Å². The predicted molar refractivity (Wildman–Crippen MR) is 88.2 cm³/mol. The zero-order valence-corrected chi connectivity index (χ0v) is 14.4. The van der Waals surface area contributed by atoms with Crippen LogP contribution in [0.15, 0.2) is 11.6 Å². The van der Waals surface area contributed by atoms with Crippen molar-refractivity contribution in [2.75, 3.05) is 5.75 Å². The molecule has 0 aromatic rings. The van der Waals surface area contributed by atoms with Crippen LogP contribution >= 0.6 is 12.6 Å². The Morgan fingerprint density at radius 2 is 1.59 bits per heavy atom. The fraction of sp³-hybridized carbons (Fsp3) is 0.875. The van der Waals surface area contributed by atoms with E-state index in [4.69, 9.17) is 0 Å². The van der Waals surface area contributed by atoms with Crippen LogP contribution in [0.25, 0.3) is 0 Å². The maximum atomic E-state index is 3.79. The topological polar surface area (TPSA) is 0 Å². The number of hydrogen-bond acceptors (Lipinski definition) is 1. The molecule has 0 nitrogen and oxygen atoms in total. The molecule has 0 spiro atoms. The number of rotatable bonds is 5. The molecule has 0 radical (unpaired) electrons. The molecule has 0 fully saturated rings. The van der Waals surface area contributed by atoms with Crippen LogP contribution in [0.1, 0.15) is 74.7 Å². The third-order valence-electron chi connectivity index (χ3n) is 2.40. The van der Waals surface area contributed by atoms with E-state index in [0.717, 1.165) is 17.6 Å². The summed E-state index contributed by atoms with van der Waals surface area (Å²) in [6.07, 6.45) is 6.23. The third kappa shape index (κ3) is 26.0. The van der Waals surface area contributed by atoms with E-state index in [0.29, 0.717) is 0 Å². The van der Waals surface area contributed by atoms with Gasteiger partial charge >= 0.3 is 0 Å². The molecule has 0 N–H and O–H groups in total. The Morgan fingerprint density at radius 3 is 1.88 bits per heavy atom. The third-order valence-corrected chi connectivity index (χ3v) is 2.40. The van der Waals surface area contributed by atoms with Gasteiger partial charge in [0.2, 0.25) is 0 Å². The molecule has 0 aliphatic rings. The average molecular weight is 261 g/mol. The summed E-state index contributed by atoms with van der Waals surface area (Å²) in [6, 6.07) is 0. The van der Waals surface area contributed by atoms with Crippen molar-refractivity contribution in [3.63, 3.8) is 0 Å². The molecule has 1 heteroatoms. The van der Waals surface area contributed by atoms with Crippen molar-refractivity contribution in [1.29, 1.82) is 0 Å². The largest absolute Gasteiger partial charge is 0.180 e. The van der Waals surface area contributed by atoms with Crippen molar-refractivity contribution >= 4 is 12.6 Å². The van der Waals surface area contributed by atoms with E-state index < -0.39 is 0 Å². The second-order valence-corrected chi connectivity index (χ2v) is 5.36. The Bertz CT molecular complexity index is 148. The molecule has 1 unspecified atom stereocenters. The predicted octanol–water partition coefficient (Wildman–Crippen LogP) is 6.38. The van der Waals surface area contributed by atoms with Gasteiger partial charge in [-0.1, -0.05) is 53.2 Å². The normalized spacial score (nSPS) is 12.2. The molecule has 0 amide bonds. The van der Waals surface area contributed by atoms with Crippen molar-refractivity contribution < 1.29 is 0 Å². The first-order chi connectivity index (χ1) is 7.97. The second-order valence-electron chi connectivity index (χ2n) is 4.72. The SMILES string of the molecule is CC.CC=C(C)CCC(C)CC(C)C.CCS. The van der Waals surface area contributed by atoms with Crippen LogP contribution in [-0.2, 0) is 0 Å². The fourth-order valence-corrected chi connectivity index (χ4v) is 1.54. The van der Waals surface area contributed by atoms with Gasteiger partial charge in [-0.05, 0) is 50.7 Å². The van der Waals surface area contributed by atoms with Crippen LogP contribution in [0.5, 0.6) is 0 Å². The molecule has 0 heterocycles. The Morgan fingerprint density at radius 1 is 1.18 bits per heavy atom. The molecule has 0 aromatic carbocycles. The Labute approximate surface area is 117 Å². The van der Waals surface area contributed by atoms with Gasteiger partial charge in [0.15, 0.2) is 0 Å². The van der Waals surface area contributed by atoms with Crippen molar-refractivity contribution in [3.05, 3.63) is 11.6 Å². The van der Waals surface area contributed by atoms with Crippen LogP contribution in [0.4, 0.5) is 0 Å². The summed E-state index contributed by atoms with van der Waals surface area (Å²) < 4.78 is 0. The zero-order chi connectivity index (χ0) is 14.3. The van der Waals surface area contributed by atoms with Crippen LogP contribution in [0.3, 0.4) is 0 Å². The monoisotopic (exact) mass is 260 g/mol. The second kappa shape index (κ2) is 18.5. The molecule has 1 atom stereocenters. The van der Waals surface area contributed by atoms with Gasteiger partial charge in [0, 0.05) is 0 Å². The lowest BCUT2D eigenvalue weighted by molar-refractivity contribution is 0.415. The maximum Gasteiger partial charge on any atom is -0.0126 e. The van der Waals surface area contributed by atoms with Crippen LogP contribution in [0, 0.1) is 11.8 Å². The zero-order valence-electron chi connectivity index (χ0n) is 13.5. The molecular weight excluding hydrogens is 224 g/mol. The minimum absolute atomic E-state index is 0.853. The van der Waals surface area contributed by atoms with E-state index >= 15 is 0 Å². The van der Waals surface area contributed by atoms with Gasteiger partial charge in [0.05, 0.1) is 0 Å². The van der Waals surface area contributed by atoms with Gasteiger partial charge < -0.3 is 0 Å². The smallest absolute Gasteiger partial charge is 0.0126 e. The van der Waals surface area contributed by atoms with Gasteiger partial charge in [-0.3, -0.25) is 0 Å². The van der Waals surface area contributed by atoms with Crippen molar-refractivity contribution in [1.82, 2.24) is 0 Å². The Balaban J connectivity index is -0.000000337. The van der Waals surface area contributed by atoms with E-state index in [1.807, 2.05) is 20.8 Å². The summed E-state index contributed by atoms with van der Waals surface area (Å²) in [7, 11) is 0. The van der Waals surface area contributed by atoms with Crippen LogP contribution < -0.4 is 0 Å². The minimum Gasteiger partial charge on any atom is -0.180 e. The highest BCUT2D eigenvalue weighted by Crippen LogP contribution is 2.18. The van der Waals surface area contributed by atoms with E-state index in [1.165, 1.54) is 24.8 Å². The van der Waals surface area contributed by atoms with Gasteiger partial charge in [-0.15, -0.1) is 0 Å². The average Bonchev–Trinajstić information content (AvgIpc) is 2.28. The molecule has 106 valence electrons. The highest BCUT2D eigenvalue weighted by atomic mass is 32.1. The van der Waals surface area contributed by atoms with Gasteiger partial charge in [0.25, 0.3) is 0 Å². The van der Waals surface area contributed by atoms with E-state index in [1.54, 1.807) is 0 Å². The van der Waals surface area contributed by atoms with Crippen LogP contribution in [0.2, 0.25) is 0 Å². The summed E-state index contributed by atoms with van der Waals surface area (Å²) in [5.74, 6) is 2.69. The van der Waals surface area contributed by atoms with E-state index in [2.05, 4.69) is 53.3 Å². The highest BCUT2D eigenvalue weighted by Gasteiger charge is 2.04. The van der Waals surface area contributed by atoms with Crippen molar-refractivity contribution in [2.45, 2.75) is 74.7 Å². The van der Waals surface area contributed by atoms with Gasteiger partial charge in [-0.2, -0.15) is 12.6 Å². The molecule has 0 aliphatic heterocycles. The quantitative estimate of drug-likeness (QED) is 0.430. The number of hydrogen-bond donors (Lipinski definition) is 1. The summed E-state index contributed by atoms with van der Waals surface area (Å²) in [4.78, 5) is 0. The standard InChI is InChI=1S/C12H24.C2H6S.C2H6/c1-6-11(4)7-8-12(5)9-10(2)3;1-2-3;1-2/h6,10,12H,7-9H2,1-5H3;3H,2H2,1H3;1-2H3. The fourth-order valence-electron chi connectivity index (χ4n) is 1.54. The molecule has 0 saturated carbocycles. The summed E-state index contributed by atoms with van der Waals surface area (Å²) in [5.41, 5.74) is 1.53. The molecule has 0 saturated heterocycles. The molecular formula is C16H36S. The highest BCUT2D eigenvalue weighted by molar-refractivity contribution is 7.80. The van der Waals surface area contributed by atoms with E-state index in [9.17, 15) is 0 Å². The van der Waals surface area contributed by atoms with Crippen LogP contribution in [-0.4, -0.2) is 5.75 Å². The number of thiol groups is 1. The lowest BCUT2D eigenvalue weighted by atomic mass is 9.93. The molecule has 17 heavy (non-hydrogen) atoms. The summed E-state index contributed by atoms with van der Waals surface area (Å²) >= 11 is 3.79. The first-order valence-corrected chi connectivity index (χ1v) is 7.83.